The Morgan fingerprint density at radius 1 is 0.800 bits per heavy atom. The molecule has 0 N–H and O–H groups in total. The lowest BCUT2D eigenvalue weighted by Crippen LogP contribution is -2.08. The third kappa shape index (κ3) is 1.66. The van der Waals surface area contributed by atoms with Crippen molar-refractivity contribution in [2.24, 2.45) is 0 Å². The Morgan fingerprint density at radius 3 is 2.40 bits per heavy atom. The summed E-state index contributed by atoms with van der Waals surface area (Å²) in [7, 11) is -2.41. The summed E-state index contributed by atoms with van der Waals surface area (Å²) >= 11 is 0. The van der Waals surface area contributed by atoms with E-state index in [4.69, 9.17) is 0 Å². The lowest BCUT2D eigenvalue weighted by atomic mass is 9.91. The highest BCUT2D eigenvalue weighted by atomic mass is 31.2. The summed E-state index contributed by atoms with van der Waals surface area (Å²) in [5, 5.41) is 2.22. The van der Waals surface area contributed by atoms with Crippen LogP contribution in [0.2, 0.25) is 0 Å². The van der Waals surface area contributed by atoms with Gasteiger partial charge >= 0.3 is 0 Å². The first kappa shape index (κ1) is 12.2. The molecule has 0 aromatic heterocycles. The summed E-state index contributed by atoms with van der Waals surface area (Å²) < 4.78 is 13.7. The molecular formula is C18H17OP. The lowest BCUT2D eigenvalue weighted by Gasteiger charge is -2.23. The number of benzene rings is 2. The van der Waals surface area contributed by atoms with E-state index in [1.54, 1.807) is 0 Å². The Balaban J connectivity index is 1.94. The van der Waals surface area contributed by atoms with E-state index >= 15 is 0 Å². The fraction of sp³-hybridized carbons (Fsp3) is 0.222. The molecular weight excluding hydrogens is 263 g/mol. The summed E-state index contributed by atoms with van der Waals surface area (Å²) in [6, 6.07) is 18.6. The molecule has 0 amide bonds. The van der Waals surface area contributed by atoms with Crippen LogP contribution in [0.5, 0.6) is 0 Å². The van der Waals surface area contributed by atoms with E-state index in [0.717, 1.165) is 30.7 Å². The molecule has 1 nitrogen and oxygen atoms in total. The standard InChI is InChI=1S/C18H17OP/c19-20(16-7-2-1-3-8-16)13-12-15-11-10-14-6-4-5-9-17(14)18(15)20/h1-9H,10-13H2. The van der Waals surface area contributed by atoms with E-state index in [1.807, 2.05) is 30.3 Å². The van der Waals surface area contributed by atoms with Crippen LogP contribution in [-0.2, 0) is 11.0 Å². The van der Waals surface area contributed by atoms with Gasteiger partial charge in [0.1, 0.15) is 7.14 Å². The van der Waals surface area contributed by atoms with Crippen molar-refractivity contribution in [1.29, 1.82) is 0 Å². The molecule has 0 saturated heterocycles. The van der Waals surface area contributed by atoms with Gasteiger partial charge in [-0.25, -0.2) is 0 Å². The molecule has 1 heterocycles. The van der Waals surface area contributed by atoms with Crippen LogP contribution in [-0.4, -0.2) is 6.16 Å². The molecule has 2 aliphatic rings. The summed E-state index contributed by atoms with van der Waals surface area (Å²) in [5.74, 6) is 0. The Hall–Kier alpha value is -1.59. The predicted molar refractivity (Wildman–Crippen MR) is 84.8 cm³/mol. The topological polar surface area (TPSA) is 17.1 Å². The van der Waals surface area contributed by atoms with Crippen molar-refractivity contribution in [3.8, 4) is 0 Å². The molecule has 2 aromatic rings. The summed E-state index contributed by atoms with van der Waals surface area (Å²) in [5.41, 5.74) is 4.05. The Kier molecular flexibility index (Phi) is 2.72. The van der Waals surface area contributed by atoms with E-state index in [9.17, 15) is 4.57 Å². The normalized spacial score (nSPS) is 24.4. The molecule has 0 bridgehead atoms. The van der Waals surface area contributed by atoms with Gasteiger partial charge in [0.05, 0.1) is 0 Å². The zero-order valence-electron chi connectivity index (χ0n) is 11.4. The monoisotopic (exact) mass is 280 g/mol. The Morgan fingerprint density at radius 2 is 1.55 bits per heavy atom. The van der Waals surface area contributed by atoms with Crippen LogP contribution < -0.4 is 5.30 Å². The van der Waals surface area contributed by atoms with Crippen molar-refractivity contribution in [3.63, 3.8) is 0 Å². The van der Waals surface area contributed by atoms with Crippen LogP contribution in [0.4, 0.5) is 0 Å². The smallest absolute Gasteiger partial charge is 0.144 e. The first-order valence-electron chi connectivity index (χ1n) is 7.24. The zero-order valence-corrected chi connectivity index (χ0v) is 12.3. The van der Waals surface area contributed by atoms with Gasteiger partial charge in [0.2, 0.25) is 0 Å². The fourth-order valence-corrected chi connectivity index (χ4v) is 6.91. The second kappa shape index (κ2) is 4.46. The number of aryl methyl sites for hydroxylation is 1. The highest BCUT2D eigenvalue weighted by molar-refractivity contribution is 7.81. The number of hydrogen-bond donors (Lipinski definition) is 0. The van der Waals surface area contributed by atoms with Gasteiger partial charge in [-0.2, -0.15) is 0 Å². The molecule has 0 spiro atoms. The number of hydrogen-bond acceptors (Lipinski definition) is 1. The molecule has 0 fully saturated rings. The molecule has 1 unspecified atom stereocenters. The average molecular weight is 280 g/mol. The molecule has 0 radical (unpaired) electrons. The minimum absolute atomic E-state index is 0.815. The first-order valence-corrected chi connectivity index (χ1v) is 9.14. The highest BCUT2D eigenvalue weighted by Crippen LogP contribution is 2.66. The number of allylic oxidation sites excluding steroid dienone is 1. The van der Waals surface area contributed by atoms with Crippen LogP contribution in [0.25, 0.3) is 5.31 Å². The van der Waals surface area contributed by atoms with Crippen LogP contribution in [0.15, 0.2) is 60.2 Å². The van der Waals surface area contributed by atoms with Gasteiger partial charge < -0.3 is 4.57 Å². The Labute approximate surface area is 119 Å². The summed E-state index contributed by atoms with van der Waals surface area (Å²) in [4.78, 5) is 0. The molecule has 100 valence electrons. The fourth-order valence-electron chi connectivity index (χ4n) is 3.59. The predicted octanol–water partition coefficient (Wildman–Crippen LogP) is 4.44. The van der Waals surface area contributed by atoms with Crippen LogP contribution in [0, 0.1) is 0 Å². The van der Waals surface area contributed by atoms with Crippen LogP contribution in [0.3, 0.4) is 0 Å². The molecule has 2 heteroatoms. The summed E-state index contributed by atoms with van der Waals surface area (Å²) in [6.45, 7) is 0. The van der Waals surface area contributed by atoms with Gasteiger partial charge in [-0.3, -0.25) is 0 Å². The van der Waals surface area contributed by atoms with Crippen molar-refractivity contribution < 1.29 is 4.57 Å². The number of fused-ring (bicyclic) bond motifs is 2. The van der Waals surface area contributed by atoms with Gasteiger partial charge in [-0.1, -0.05) is 60.2 Å². The van der Waals surface area contributed by atoms with Crippen LogP contribution in [0.1, 0.15) is 24.0 Å². The maximum Gasteiger partial charge on any atom is 0.144 e. The third-order valence-corrected chi connectivity index (χ3v) is 7.83. The summed E-state index contributed by atoms with van der Waals surface area (Å²) in [6.07, 6.45) is 4.01. The second-order valence-corrected chi connectivity index (χ2v) is 8.55. The minimum Gasteiger partial charge on any atom is -0.314 e. The molecule has 2 aromatic carbocycles. The van der Waals surface area contributed by atoms with Gasteiger partial charge in [0, 0.05) is 16.8 Å². The van der Waals surface area contributed by atoms with E-state index < -0.39 is 7.14 Å². The van der Waals surface area contributed by atoms with Crippen molar-refractivity contribution >= 4 is 17.8 Å². The van der Waals surface area contributed by atoms with Gasteiger partial charge in [-0.05, 0) is 30.4 Å². The highest BCUT2D eigenvalue weighted by Gasteiger charge is 2.39. The molecule has 20 heavy (non-hydrogen) atoms. The van der Waals surface area contributed by atoms with Gasteiger partial charge in [0.25, 0.3) is 0 Å². The first-order chi connectivity index (χ1) is 9.79. The molecule has 4 rings (SSSR count). The second-order valence-electron chi connectivity index (χ2n) is 5.66. The van der Waals surface area contributed by atoms with Crippen molar-refractivity contribution in [2.45, 2.75) is 19.3 Å². The zero-order chi connectivity index (χ0) is 13.6. The molecule has 1 atom stereocenters. The quantitative estimate of drug-likeness (QED) is 0.706. The Bertz CT molecular complexity index is 743. The maximum atomic E-state index is 13.7. The van der Waals surface area contributed by atoms with E-state index in [-0.39, 0.29) is 0 Å². The molecule has 1 aliphatic heterocycles. The largest absolute Gasteiger partial charge is 0.314 e. The van der Waals surface area contributed by atoms with E-state index in [1.165, 1.54) is 22.0 Å². The third-order valence-electron chi connectivity index (χ3n) is 4.57. The van der Waals surface area contributed by atoms with Crippen molar-refractivity contribution in [3.05, 3.63) is 71.3 Å². The van der Waals surface area contributed by atoms with E-state index in [2.05, 4.69) is 24.3 Å². The van der Waals surface area contributed by atoms with Crippen molar-refractivity contribution in [2.75, 3.05) is 6.16 Å². The SMILES string of the molecule is O=P1(c2ccccc2)CCC2=C1c1ccccc1CC2. The minimum atomic E-state index is -2.41. The average Bonchev–Trinajstić information content (AvgIpc) is 2.87. The van der Waals surface area contributed by atoms with Gasteiger partial charge in [-0.15, -0.1) is 0 Å². The van der Waals surface area contributed by atoms with Crippen molar-refractivity contribution in [1.82, 2.24) is 0 Å². The molecule has 1 aliphatic carbocycles. The number of rotatable bonds is 1. The maximum absolute atomic E-state index is 13.7. The van der Waals surface area contributed by atoms with E-state index in [0.29, 0.717) is 0 Å². The van der Waals surface area contributed by atoms with Crippen LogP contribution >= 0.6 is 7.14 Å². The van der Waals surface area contributed by atoms with Gasteiger partial charge in [0.15, 0.2) is 0 Å². The molecule has 0 saturated carbocycles. The lowest BCUT2D eigenvalue weighted by molar-refractivity contribution is 0.588.